The van der Waals surface area contributed by atoms with Crippen molar-refractivity contribution in [2.24, 2.45) is 0 Å². The molecule has 1 aromatic carbocycles. The van der Waals surface area contributed by atoms with Crippen LogP contribution >= 0.6 is 11.6 Å². The van der Waals surface area contributed by atoms with E-state index in [1.54, 1.807) is 0 Å². The molecule has 2 rings (SSSR count). The van der Waals surface area contributed by atoms with Crippen molar-refractivity contribution in [3.8, 4) is 0 Å². The fraction of sp³-hybridized carbons (Fsp3) is 0.167. The van der Waals surface area contributed by atoms with Crippen molar-refractivity contribution in [3.05, 3.63) is 45.0 Å². The topological polar surface area (TPSA) is 79.5 Å². The van der Waals surface area contributed by atoms with Crippen LogP contribution in [-0.4, -0.2) is 27.4 Å². The van der Waals surface area contributed by atoms with Crippen molar-refractivity contribution < 1.29 is 19.4 Å². The van der Waals surface area contributed by atoms with E-state index in [2.05, 4.69) is 0 Å². The molecule has 0 aliphatic rings. The summed E-state index contributed by atoms with van der Waals surface area (Å²) < 4.78 is 14.8. The van der Waals surface area contributed by atoms with Gasteiger partial charge >= 0.3 is 5.97 Å². The largest absolute Gasteiger partial charge is 0.477 e. The summed E-state index contributed by atoms with van der Waals surface area (Å²) in [5.74, 6) is -2.21. The maximum Gasteiger partial charge on any atom is 0.341 e. The lowest BCUT2D eigenvalue weighted by Gasteiger charge is -2.11. The van der Waals surface area contributed by atoms with Crippen LogP contribution in [0, 0.1) is 5.82 Å². The monoisotopic (exact) mass is 285 g/mol. The van der Waals surface area contributed by atoms with Crippen LogP contribution in [-0.2, 0) is 6.54 Å². The molecule has 0 atom stereocenters. The highest BCUT2D eigenvalue weighted by Crippen LogP contribution is 2.21. The molecular formula is C12H9ClFNO4. The number of pyridine rings is 1. The maximum atomic E-state index is 13.4. The summed E-state index contributed by atoms with van der Waals surface area (Å²) >= 11 is 5.65. The molecule has 0 bridgehead atoms. The first kappa shape index (κ1) is 13.5. The average Bonchev–Trinajstić information content (AvgIpc) is 2.35. The molecule has 1 heterocycles. The Labute approximate surface area is 111 Å². The normalized spacial score (nSPS) is 10.9. The fourth-order valence-corrected chi connectivity index (χ4v) is 1.99. The Morgan fingerprint density at radius 3 is 2.68 bits per heavy atom. The van der Waals surface area contributed by atoms with Gasteiger partial charge in [0.05, 0.1) is 17.1 Å². The highest BCUT2D eigenvalue weighted by Gasteiger charge is 2.16. The van der Waals surface area contributed by atoms with Crippen LogP contribution in [0.4, 0.5) is 4.39 Å². The van der Waals surface area contributed by atoms with Crippen LogP contribution in [0.2, 0.25) is 5.02 Å². The number of aromatic nitrogens is 1. The average molecular weight is 286 g/mol. The quantitative estimate of drug-likeness (QED) is 0.895. The standard InChI is InChI=1S/C12H9ClFNO4/c13-8-4-10-6(3-9(8)14)11(17)7(12(18)19)5-15(10)1-2-16/h3-5,16H,1-2H2,(H,18,19). The van der Waals surface area contributed by atoms with Crippen LogP contribution < -0.4 is 5.43 Å². The van der Waals surface area contributed by atoms with Gasteiger partial charge in [0.2, 0.25) is 5.43 Å². The van der Waals surface area contributed by atoms with Gasteiger partial charge in [-0.25, -0.2) is 9.18 Å². The number of carboxylic acid groups (broad SMARTS) is 1. The molecule has 7 heteroatoms. The molecule has 0 unspecified atom stereocenters. The number of halogens is 2. The minimum absolute atomic E-state index is 0.0685. The van der Waals surface area contributed by atoms with E-state index in [1.165, 1.54) is 10.6 Å². The number of fused-ring (bicyclic) bond motifs is 1. The Kier molecular flexibility index (Phi) is 3.55. The Bertz CT molecular complexity index is 726. The van der Waals surface area contributed by atoms with Gasteiger partial charge in [-0.1, -0.05) is 11.6 Å². The molecule has 0 radical (unpaired) electrons. The van der Waals surface area contributed by atoms with Crippen LogP contribution in [0.1, 0.15) is 10.4 Å². The molecule has 100 valence electrons. The molecule has 0 amide bonds. The lowest BCUT2D eigenvalue weighted by atomic mass is 10.1. The predicted molar refractivity (Wildman–Crippen MR) is 67.2 cm³/mol. The number of nitrogens with zero attached hydrogens (tertiary/aromatic N) is 1. The van der Waals surface area contributed by atoms with Gasteiger partial charge in [0.15, 0.2) is 0 Å². The summed E-state index contributed by atoms with van der Waals surface area (Å²) in [6, 6.07) is 2.13. The van der Waals surface area contributed by atoms with Crippen molar-refractivity contribution in [2.45, 2.75) is 6.54 Å². The Hall–Kier alpha value is -1.92. The van der Waals surface area contributed by atoms with E-state index in [-0.39, 0.29) is 29.1 Å². The first-order valence-electron chi connectivity index (χ1n) is 5.32. The van der Waals surface area contributed by atoms with Gasteiger partial charge in [-0.2, -0.15) is 0 Å². The second-order valence-electron chi connectivity index (χ2n) is 3.88. The van der Waals surface area contributed by atoms with Gasteiger partial charge in [0.1, 0.15) is 11.4 Å². The van der Waals surface area contributed by atoms with Crippen molar-refractivity contribution in [1.29, 1.82) is 0 Å². The SMILES string of the molecule is O=C(O)c1cn(CCO)c2cc(Cl)c(F)cc2c1=O. The van der Waals surface area contributed by atoms with E-state index in [4.69, 9.17) is 21.8 Å². The van der Waals surface area contributed by atoms with Crippen molar-refractivity contribution in [1.82, 2.24) is 4.57 Å². The van der Waals surface area contributed by atoms with Crippen LogP contribution in [0.3, 0.4) is 0 Å². The maximum absolute atomic E-state index is 13.4. The predicted octanol–water partition coefficient (Wildman–Crippen LogP) is 1.48. The summed E-state index contributed by atoms with van der Waals surface area (Å²) in [5.41, 5.74) is -0.995. The third-order valence-corrected chi connectivity index (χ3v) is 2.98. The summed E-state index contributed by atoms with van der Waals surface area (Å²) in [6.07, 6.45) is 1.11. The van der Waals surface area contributed by atoms with Crippen LogP contribution in [0.5, 0.6) is 0 Å². The van der Waals surface area contributed by atoms with Gasteiger partial charge in [-0.05, 0) is 12.1 Å². The zero-order valence-corrected chi connectivity index (χ0v) is 10.3. The third kappa shape index (κ3) is 2.32. The summed E-state index contributed by atoms with van der Waals surface area (Å²) in [7, 11) is 0. The fourth-order valence-electron chi connectivity index (χ4n) is 1.83. The summed E-state index contributed by atoms with van der Waals surface area (Å²) in [5, 5.41) is 17.6. The first-order chi connectivity index (χ1) is 8.95. The van der Waals surface area contributed by atoms with E-state index in [1.807, 2.05) is 0 Å². The zero-order valence-electron chi connectivity index (χ0n) is 9.56. The van der Waals surface area contributed by atoms with E-state index in [9.17, 15) is 14.0 Å². The third-order valence-electron chi connectivity index (χ3n) is 2.69. The molecule has 5 nitrogen and oxygen atoms in total. The van der Waals surface area contributed by atoms with Crippen LogP contribution in [0.25, 0.3) is 10.9 Å². The highest BCUT2D eigenvalue weighted by atomic mass is 35.5. The Morgan fingerprint density at radius 1 is 1.42 bits per heavy atom. The molecule has 0 aliphatic carbocycles. The molecule has 1 aromatic heterocycles. The van der Waals surface area contributed by atoms with Crippen molar-refractivity contribution >= 4 is 28.5 Å². The van der Waals surface area contributed by atoms with Gasteiger partial charge in [-0.3, -0.25) is 4.79 Å². The Morgan fingerprint density at radius 2 is 2.11 bits per heavy atom. The Balaban J connectivity index is 2.92. The number of aliphatic hydroxyl groups is 1. The van der Waals surface area contributed by atoms with E-state index < -0.39 is 22.8 Å². The summed E-state index contributed by atoms with van der Waals surface area (Å²) in [4.78, 5) is 22.9. The number of carboxylic acids is 1. The lowest BCUT2D eigenvalue weighted by molar-refractivity contribution is 0.0694. The molecule has 2 aromatic rings. The van der Waals surface area contributed by atoms with Crippen LogP contribution in [0.15, 0.2) is 23.1 Å². The minimum atomic E-state index is -1.41. The summed E-state index contributed by atoms with van der Waals surface area (Å²) in [6.45, 7) is -0.189. The van der Waals surface area contributed by atoms with E-state index >= 15 is 0 Å². The lowest BCUT2D eigenvalue weighted by Crippen LogP contribution is -2.20. The molecule has 2 N–H and O–H groups in total. The molecule has 0 saturated heterocycles. The number of benzene rings is 1. The number of aliphatic hydroxyl groups excluding tert-OH is 1. The van der Waals surface area contributed by atoms with Crippen molar-refractivity contribution in [2.75, 3.05) is 6.61 Å². The molecule has 19 heavy (non-hydrogen) atoms. The molecule has 0 spiro atoms. The number of hydrogen-bond acceptors (Lipinski definition) is 3. The van der Waals surface area contributed by atoms with Crippen molar-refractivity contribution in [3.63, 3.8) is 0 Å². The molecular weight excluding hydrogens is 277 g/mol. The number of hydrogen-bond donors (Lipinski definition) is 2. The first-order valence-corrected chi connectivity index (χ1v) is 5.70. The minimum Gasteiger partial charge on any atom is -0.477 e. The van der Waals surface area contributed by atoms with Gasteiger partial charge in [0, 0.05) is 18.1 Å². The van der Waals surface area contributed by atoms with E-state index in [0.29, 0.717) is 0 Å². The second-order valence-corrected chi connectivity index (χ2v) is 4.28. The number of aromatic carboxylic acids is 1. The highest BCUT2D eigenvalue weighted by molar-refractivity contribution is 6.31. The second kappa shape index (κ2) is 4.99. The molecule has 0 aliphatic heterocycles. The van der Waals surface area contributed by atoms with Gasteiger partial charge in [-0.15, -0.1) is 0 Å². The number of carbonyl (C=O) groups is 1. The number of rotatable bonds is 3. The molecule has 0 saturated carbocycles. The zero-order chi connectivity index (χ0) is 14.2. The van der Waals surface area contributed by atoms with Gasteiger partial charge < -0.3 is 14.8 Å². The molecule has 0 fully saturated rings. The van der Waals surface area contributed by atoms with E-state index in [0.717, 1.165) is 12.3 Å². The smallest absolute Gasteiger partial charge is 0.341 e. The van der Waals surface area contributed by atoms with Gasteiger partial charge in [0.25, 0.3) is 0 Å².